The molecule has 0 N–H and O–H groups in total. The predicted molar refractivity (Wildman–Crippen MR) is 119 cm³/mol. The predicted octanol–water partition coefficient (Wildman–Crippen LogP) is 3.92. The second-order valence-corrected chi connectivity index (χ2v) is 9.24. The SMILES string of the molecule is O=C(CSCCc1ccccc1)N1CCN(Cc2nc3ccccc3s2)CC1. The number of benzene rings is 2. The maximum absolute atomic E-state index is 12.5. The number of amides is 1. The van der Waals surface area contributed by atoms with Crippen molar-refractivity contribution in [3.05, 3.63) is 65.2 Å². The number of hydrogen-bond acceptors (Lipinski definition) is 5. The Kier molecular flexibility index (Phi) is 6.62. The molecule has 0 saturated carbocycles. The Morgan fingerprint density at radius 3 is 2.54 bits per heavy atom. The van der Waals surface area contributed by atoms with Crippen molar-refractivity contribution in [2.24, 2.45) is 0 Å². The van der Waals surface area contributed by atoms with Gasteiger partial charge in [0.15, 0.2) is 0 Å². The Balaban J connectivity index is 1.17. The van der Waals surface area contributed by atoms with Gasteiger partial charge in [-0.3, -0.25) is 9.69 Å². The molecule has 2 aromatic carbocycles. The number of aryl methyl sites for hydroxylation is 1. The van der Waals surface area contributed by atoms with Crippen molar-refractivity contribution < 1.29 is 4.79 Å². The molecule has 2 heterocycles. The van der Waals surface area contributed by atoms with Crippen LogP contribution in [0.4, 0.5) is 0 Å². The van der Waals surface area contributed by atoms with Gasteiger partial charge in [0.05, 0.1) is 22.5 Å². The lowest BCUT2D eigenvalue weighted by molar-refractivity contribution is -0.130. The van der Waals surface area contributed by atoms with Crippen LogP contribution in [-0.2, 0) is 17.8 Å². The second kappa shape index (κ2) is 9.54. The number of aromatic nitrogens is 1. The van der Waals surface area contributed by atoms with Crippen molar-refractivity contribution in [2.75, 3.05) is 37.7 Å². The molecule has 146 valence electrons. The van der Waals surface area contributed by atoms with Crippen LogP contribution < -0.4 is 0 Å². The van der Waals surface area contributed by atoms with Gasteiger partial charge in [0.2, 0.25) is 5.91 Å². The fraction of sp³-hybridized carbons (Fsp3) is 0.364. The molecule has 4 nitrogen and oxygen atoms in total. The number of nitrogens with zero attached hydrogens (tertiary/aromatic N) is 3. The van der Waals surface area contributed by atoms with Gasteiger partial charge in [0, 0.05) is 26.2 Å². The Hall–Kier alpha value is -1.89. The fourth-order valence-corrected chi connectivity index (χ4v) is 5.31. The summed E-state index contributed by atoms with van der Waals surface area (Å²) in [5.74, 6) is 1.86. The van der Waals surface area contributed by atoms with Crippen molar-refractivity contribution >= 4 is 39.2 Å². The van der Waals surface area contributed by atoms with Crippen LogP contribution in [0.15, 0.2) is 54.6 Å². The fourth-order valence-electron chi connectivity index (χ4n) is 3.42. The maximum atomic E-state index is 12.5. The van der Waals surface area contributed by atoms with Gasteiger partial charge in [-0.05, 0) is 29.9 Å². The zero-order valence-electron chi connectivity index (χ0n) is 15.9. The van der Waals surface area contributed by atoms with E-state index in [0.29, 0.717) is 5.75 Å². The number of fused-ring (bicyclic) bond motifs is 1. The lowest BCUT2D eigenvalue weighted by Gasteiger charge is -2.34. The summed E-state index contributed by atoms with van der Waals surface area (Å²) in [7, 11) is 0. The standard InChI is InChI=1S/C22H25N3OS2/c26-22(17-27-15-10-18-6-2-1-3-7-18)25-13-11-24(12-14-25)16-21-23-19-8-4-5-9-20(19)28-21/h1-9H,10-17H2. The molecule has 0 aliphatic carbocycles. The first-order valence-corrected chi connectivity index (χ1v) is 11.7. The molecule has 4 rings (SSSR count). The number of rotatable bonds is 7. The van der Waals surface area contributed by atoms with E-state index >= 15 is 0 Å². The average molecular weight is 412 g/mol. The van der Waals surface area contributed by atoms with Crippen LogP contribution in [0.1, 0.15) is 10.6 Å². The number of thioether (sulfide) groups is 1. The topological polar surface area (TPSA) is 36.4 Å². The van der Waals surface area contributed by atoms with Crippen LogP contribution in [-0.4, -0.2) is 58.4 Å². The lowest BCUT2D eigenvalue weighted by atomic mass is 10.2. The quantitative estimate of drug-likeness (QED) is 0.552. The summed E-state index contributed by atoms with van der Waals surface area (Å²) in [6.07, 6.45) is 1.02. The highest BCUT2D eigenvalue weighted by Crippen LogP contribution is 2.23. The van der Waals surface area contributed by atoms with E-state index < -0.39 is 0 Å². The van der Waals surface area contributed by atoms with Gasteiger partial charge in [-0.2, -0.15) is 11.8 Å². The first kappa shape index (κ1) is 19.4. The van der Waals surface area contributed by atoms with Crippen molar-refractivity contribution in [1.29, 1.82) is 0 Å². The molecule has 0 atom stereocenters. The van der Waals surface area contributed by atoms with E-state index in [2.05, 4.69) is 47.4 Å². The Bertz CT molecular complexity index is 871. The molecule has 1 amide bonds. The van der Waals surface area contributed by atoms with Crippen LogP contribution in [0.2, 0.25) is 0 Å². The second-order valence-electron chi connectivity index (χ2n) is 7.02. The molecule has 1 saturated heterocycles. The molecule has 1 aliphatic heterocycles. The maximum Gasteiger partial charge on any atom is 0.232 e. The molecule has 0 spiro atoms. The highest BCUT2D eigenvalue weighted by Gasteiger charge is 2.21. The van der Waals surface area contributed by atoms with Crippen molar-refractivity contribution in [2.45, 2.75) is 13.0 Å². The Labute approximate surface area is 174 Å². The van der Waals surface area contributed by atoms with Gasteiger partial charge >= 0.3 is 0 Å². The highest BCUT2D eigenvalue weighted by atomic mass is 32.2. The zero-order chi connectivity index (χ0) is 19.2. The van der Waals surface area contributed by atoms with Gasteiger partial charge in [-0.15, -0.1) is 11.3 Å². The molecule has 1 fully saturated rings. The number of para-hydroxylation sites is 1. The third-order valence-electron chi connectivity index (χ3n) is 5.03. The zero-order valence-corrected chi connectivity index (χ0v) is 17.6. The first-order valence-electron chi connectivity index (χ1n) is 9.74. The van der Waals surface area contributed by atoms with E-state index in [1.54, 1.807) is 23.1 Å². The third kappa shape index (κ3) is 5.13. The smallest absolute Gasteiger partial charge is 0.232 e. The van der Waals surface area contributed by atoms with Gasteiger partial charge < -0.3 is 4.90 Å². The molecule has 0 bridgehead atoms. The largest absolute Gasteiger partial charge is 0.339 e. The first-order chi connectivity index (χ1) is 13.8. The summed E-state index contributed by atoms with van der Waals surface area (Å²) < 4.78 is 1.25. The minimum Gasteiger partial charge on any atom is -0.339 e. The van der Waals surface area contributed by atoms with Crippen LogP contribution in [0.3, 0.4) is 0 Å². The van der Waals surface area contributed by atoms with E-state index in [1.807, 2.05) is 17.0 Å². The van der Waals surface area contributed by atoms with Crippen molar-refractivity contribution in [1.82, 2.24) is 14.8 Å². The summed E-state index contributed by atoms with van der Waals surface area (Å²) in [6, 6.07) is 18.8. The average Bonchev–Trinajstić information content (AvgIpc) is 3.14. The molecular weight excluding hydrogens is 386 g/mol. The van der Waals surface area contributed by atoms with Crippen molar-refractivity contribution in [3.8, 4) is 0 Å². The minimum absolute atomic E-state index is 0.276. The minimum atomic E-state index is 0.276. The molecule has 1 aromatic heterocycles. The molecular formula is C22H25N3OS2. The van der Waals surface area contributed by atoms with Crippen LogP contribution in [0.25, 0.3) is 10.2 Å². The number of hydrogen-bond donors (Lipinski definition) is 0. The van der Waals surface area contributed by atoms with Gasteiger partial charge in [0.1, 0.15) is 5.01 Å². The monoisotopic (exact) mass is 411 g/mol. The van der Waals surface area contributed by atoms with E-state index in [-0.39, 0.29) is 5.91 Å². The summed E-state index contributed by atoms with van der Waals surface area (Å²) in [6.45, 7) is 4.38. The molecule has 3 aromatic rings. The summed E-state index contributed by atoms with van der Waals surface area (Å²) in [5.41, 5.74) is 2.43. The number of thiazole rings is 1. The number of carbonyl (C=O) groups excluding carboxylic acids is 1. The summed E-state index contributed by atoms with van der Waals surface area (Å²) in [4.78, 5) is 21.6. The van der Waals surface area contributed by atoms with Gasteiger partial charge in [0.25, 0.3) is 0 Å². The molecule has 28 heavy (non-hydrogen) atoms. The molecule has 6 heteroatoms. The van der Waals surface area contributed by atoms with Crippen LogP contribution in [0.5, 0.6) is 0 Å². The molecule has 1 aliphatic rings. The van der Waals surface area contributed by atoms with Gasteiger partial charge in [-0.25, -0.2) is 4.98 Å². The summed E-state index contributed by atoms with van der Waals surface area (Å²) >= 11 is 3.52. The lowest BCUT2D eigenvalue weighted by Crippen LogP contribution is -2.48. The van der Waals surface area contributed by atoms with Crippen molar-refractivity contribution in [3.63, 3.8) is 0 Å². The van der Waals surface area contributed by atoms with E-state index in [9.17, 15) is 4.79 Å². The van der Waals surface area contributed by atoms with E-state index in [1.165, 1.54) is 10.3 Å². The van der Waals surface area contributed by atoms with Crippen LogP contribution >= 0.6 is 23.1 Å². The Morgan fingerprint density at radius 2 is 1.75 bits per heavy atom. The summed E-state index contributed by atoms with van der Waals surface area (Å²) in [5, 5.41) is 1.16. The van der Waals surface area contributed by atoms with Crippen LogP contribution in [0, 0.1) is 0 Å². The molecule has 0 unspecified atom stereocenters. The number of carbonyl (C=O) groups is 1. The number of piperazine rings is 1. The van der Waals surface area contributed by atoms with E-state index in [0.717, 1.165) is 55.4 Å². The molecule has 0 radical (unpaired) electrons. The Morgan fingerprint density at radius 1 is 1.00 bits per heavy atom. The van der Waals surface area contributed by atoms with Gasteiger partial charge in [-0.1, -0.05) is 42.5 Å². The highest BCUT2D eigenvalue weighted by molar-refractivity contribution is 7.99. The van der Waals surface area contributed by atoms with E-state index in [4.69, 9.17) is 4.98 Å². The third-order valence-corrected chi connectivity index (χ3v) is 6.99. The normalized spacial score (nSPS) is 15.2.